The fourth-order valence-corrected chi connectivity index (χ4v) is 3.04. The van der Waals surface area contributed by atoms with Crippen LogP contribution in [0.1, 0.15) is 65.2 Å². The van der Waals surface area contributed by atoms with E-state index in [4.69, 9.17) is 0 Å². The van der Waals surface area contributed by atoms with Crippen LogP contribution in [0.15, 0.2) is 0 Å². The van der Waals surface area contributed by atoms with Crippen LogP contribution in [-0.2, 0) is 0 Å². The van der Waals surface area contributed by atoms with Gasteiger partial charge in [-0.2, -0.15) is 0 Å². The minimum absolute atomic E-state index is 0.873. The fraction of sp³-hybridized carbons (Fsp3) is 1.00. The summed E-state index contributed by atoms with van der Waals surface area (Å²) in [5.74, 6) is 0.876. The molecule has 1 aliphatic rings. The van der Waals surface area contributed by atoms with Gasteiger partial charge in [-0.15, -0.1) is 0 Å². The van der Waals surface area contributed by atoms with Gasteiger partial charge in [0.05, 0.1) is 0 Å². The lowest BCUT2D eigenvalue weighted by molar-refractivity contribution is 0.189. The third kappa shape index (κ3) is 6.19. The molecule has 0 bridgehead atoms. The molecule has 0 spiro atoms. The van der Waals surface area contributed by atoms with Gasteiger partial charge in [-0.05, 0) is 51.9 Å². The average Bonchev–Trinajstić information content (AvgIpc) is 2.43. The van der Waals surface area contributed by atoms with E-state index in [2.05, 4.69) is 31.1 Å². The third-order valence-electron chi connectivity index (χ3n) is 4.65. The lowest BCUT2D eigenvalue weighted by Crippen LogP contribution is -2.35. The van der Waals surface area contributed by atoms with Crippen molar-refractivity contribution in [2.45, 2.75) is 71.3 Å². The largest absolute Gasteiger partial charge is 0.316 e. The Morgan fingerprint density at radius 3 is 2.39 bits per heavy atom. The number of nitrogens with one attached hydrogen (secondary N) is 1. The molecule has 0 heterocycles. The molecule has 0 saturated heterocycles. The second-order valence-electron chi connectivity index (χ2n) is 6.01. The Labute approximate surface area is 115 Å². The van der Waals surface area contributed by atoms with Crippen molar-refractivity contribution >= 4 is 0 Å². The molecule has 1 N–H and O–H groups in total. The first kappa shape index (κ1) is 16.0. The van der Waals surface area contributed by atoms with E-state index in [1.807, 2.05) is 0 Å². The van der Waals surface area contributed by atoms with E-state index >= 15 is 0 Å². The van der Waals surface area contributed by atoms with Crippen LogP contribution in [0.25, 0.3) is 0 Å². The Morgan fingerprint density at radius 2 is 1.78 bits per heavy atom. The molecule has 0 aromatic carbocycles. The quantitative estimate of drug-likeness (QED) is 0.632. The van der Waals surface area contributed by atoms with Crippen LogP contribution in [0.2, 0.25) is 0 Å². The zero-order chi connectivity index (χ0) is 13.2. The molecule has 1 fully saturated rings. The maximum atomic E-state index is 3.62. The Morgan fingerprint density at radius 1 is 1.11 bits per heavy atom. The second-order valence-corrected chi connectivity index (χ2v) is 6.01. The van der Waals surface area contributed by atoms with Gasteiger partial charge in [-0.3, -0.25) is 0 Å². The molecular formula is C16H34N2. The lowest BCUT2D eigenvalue weighted by atomic mass is 9.94. The van der Waals surface area contributed by atoms with Gasteiger partial charge in [-0.25, -0.2) is 0 Å². The highest BCUT2D eigenvalue weighted by Crippen LogP contribution is 2.21. The highest BCUT2D eigenvalue weighted by atomic mass is 15.1. The molecule has 1 rings (SSSR count). The van der Waals surface area contributed by atoms with Crippen LogP contribution in [0.5, 0.6) is 0 Å². The molecule has 0 aliphatic heterocycles. The number of hydrogen-bond donors (Lipinski definition) is 1. The van der Waals surface area contributed by atoms with Crippen molar-refractivity contribution in [1.82, 2.24) is 10.2 Å². The summed E-state index contributed by atoms with van der Waals surface area (Å²) in [6.07, 6.45) is 11.1. The average molecular weight is 254 g/mol. The summed E-state index contributed by atoms with van der Waals surface area (Å²) in [7, 11) is 2.32. The maximum absolute atomic E-state index is 3.62. The van der Waals surface area contributed by atoms with Crippen molar-refractivity contribution in [3.8, 4) is 0 Å². The molecule has 0 amide bonds. The topological polar surface area (TPSA) is 15.3 Å². The standard InChI is InChI=1S/C16H34N2/c1-4-15(5-2)14-17-12-9-13-18(3)16-10-7-6-8-11-16/h15-17H,4-14H2,1-3H3. The molecule has 0 atom stereocenters. The summed E-state index contributed by atoms with van der Waals surface area (Å²) in [6.45, 7) is 8.26. The van der Waals surface area contributed by atoms with Gasteiger partial charge in [0, 0.05) is 6.04 Å². The molecule has 0 aromatic heterocycles. The molecule has 2 heteroatoms. The Kier molecular flexibility index (Phi) is 8.70. The zero-order valence-electron chi connectivity index (χ0n) is 12.9. The van der Waals surface area contributed by atoms with Crippen molar-refractivity contribution in [1.29, 1.82) is 0 Å². The molecule has 2 nitrogen and oxygen atoms in total. The maximum Gasteiger partial charge on any atom is 0.00922 e. The summed E-state index contributed by atoms with van der Waals surface area (Å²) in [5.41, 5.74) is 0. The van der Waals surface area contributed by atoms with Crippen LogP contribution >= 0.6 is 0 Å². The first-order chi connectivity index (χ1) is 8.77. The fourth-order valence-electron chi connectivity index (χ4n) is 3.04. The molecule has 1 aliphatic carbocycles. The van der Waals surface area contributed by atoms with Gasteiger partial charge < -0.3 is 10.2 Å². The van der Waals surface area contributed by atoms with Crippen LogP contribution in [0.3, 0.4) is 0 Å². The second kappa shape index (κ2) is 9.80. The first-order valence-electron chi connectivity index (χ1n) is 8.18. The summed E-state index contributed by atoms with van der Waals surface area (Å²) < 4.78 is 0. The van der Waals surface area contributed by atoms with Gasteiger partial charge >= 0.3 is 0 Å². The minimum Gasteiger partial charge on any atom is -0.316 e. The van der Waals surface area contributed by atoms with E-state index in [1.54, 1.807) is 0 Å². The van der Waals surface area contributed by atoms with Crippen molar-refractivity contribution < 1.29 is 0 Å². The van der Waals surface area contributed by atoms with E-state index in [0.717, 1.165) is 12.0 Å². The number of rotatable bonds is 9. The normalized spacial score (nSPS) is 17.8. The molecular weight excluding hydrogens is 220 g/mol. The molecule has 18 heavy (non-hydrogen) atoms. The molecule has 108 valence electrons. The van der Waals surface area contributed by atoms with E-state index in [0.29, 0.717) is 0 Å². The third-order valence-corrected chi connectivity index (χ3v) is 4.65. The van der Waals surface area contributed by atoms with E-state index in [-0.39, 0.29) is 0 Å². The number of nitrogens with zero attached hydrogens (tertiary/aromatic N) is 1. The summed E-state index contributed by atoms with van der Waals surface area (Å²) in [6, 6.07) is 0.873. The molecule has 0 radical (unpaired) electrons. The van der Waals surface area contributed by atoms with Gasteiger partial charge in [0.1, 0.15) is 0 Å². The predicted molar refractivity (Wildman–Crippen MR) is 81.1 cm³/mol. The summed E-state index contributed by atoms with van der Waals surface area (Å²) in [5, 5.41) is 3.62. The zero-order valence-corrected chi connectivity index (χ0v) is 12.9. The Hall–Kier alpha value is -0.0800. The summed E-state index contributed by atoms with van der Waals surface area (Å²) in [4.78, 5) is 2.60. The van der Waals surface area contributed by atoms with Crippen LogP contribution < -0.4 is 5.32 Å². The molecule has 0 aromatic rings. The smallest absolute Gasteiger partial charge is 0.00922 e. The Balaban J connectivity index is 1.99. The van der Waals surface area contributed by atoms with Gasteiger partial charge in [-0.1, -0.05) is 46.0 Å². The van der Waals surface area contributed by atoms with Crippen molar-refractivity contribution in [3.63, 3.8) is 0 Å². The lowest BCUT2D eigenvalue weighted by Gasteiger charge is -2.31. The van der Waals surface area contributed by atoms with Crippen molar-refractivity contribution in [3.05, 3.63) is 0 Å². The first-order valence-corrected chi connectivity index (χ1v) is 8.18. The molecule has 0 unspecified atom stereocenters. The van der Waals surface area contributed by atoms with E-state index in [9.17, 15) is 0 Å². The van der Waals surface area contributed by atoms with Gasteiger partial charge in [0.15, 0.2) is 0 Å². The van der Waals surface area contributed by atoms with Crippen LogP contribution in [-0.4, -0.2) is 37.6 Å². The summed E-state index contributed by atoms with van der Waals surface area (Å²) >= 11 is 0. The SMILES string of the molecule is CCC(CC)CNCCCN(C)C1CCCCC1. The van der Waals surface area contributed by atoms with E-state index in [1.165, 1.54) is 71.0 Å². The predicted octanol–water partition coefficient (Wildman–Crippen LogP) is 3.67. The van der Waals surface area contributed by atoms with Crippen LogP contribution in [0.4, 0.5) is 0 Å². The van der Waals surface area contributed by atoms with Crippen LogP contribution in [0, 0.1) is 5.92 Å². The molecule has 1 saturated carbocycles. The minimum atomic E-state index is 0.873. The van der Waals surface area contributed by atoms with E-state index < -0.39 is 0 Å². The Bertz CT molecular complexity index is 184. The monoisotopic (exact) mass is 254 g/mol. The highest BCUT2D eigenvalue weighted by molar-refractivity contribution is 4.73. The van der Waals surface area contributed by atoms with Gasteiger partial charge in [0.25, 0.3) is 0 Å². The number of hydrogen-bond acceptors (Lipinski definition) is 2. The van der Waals surface area contributed by atoms with Crippen molar-refractivity contribution in [2.24, 2.45) is 5.92 Å². The van der Waals surface area contributed by atoms with Crippen molar-refractivity contribution in [2.75, 3.05) is 26.7 Å². The highest BCUT2D eigenvalue weighted by Gasteiger charge is 2.17. The van der Waals surface area contributed by atoms with Gasteiger partial charge in [0.2, 0.25) is 0 Å².